The van der Waals surface area contributed by atoms with Crippen LogP contribution >= 0.6 is 11.3 Å². The highest BCUT2D eigenvalue weighted by Crippen LogP contribution is 2.20. The molecular weight excluding hydrogens is 220 g/mol. The van der Waals surface area contributed by atoms with Gasteiger partial charge in [-0.05, 0) is 43.8 Å². The standard InChI is InChI=1S/C12H14N2OS/c1-4-14-10(7-9(3)13-14)11(15)12-8(2)5-6-16-12/h5-7H,4H2,1-3H3. The van der Waals surface area contributed by atoms with Gasteiger partial charge in [0, 0.05) is 6.54 Å². The summed E-state index contributed by atoms with van der Waals surface area (Å²) in [6, 6.07) is 3.82. The molecule has 4 heteroatoms. The van der Waals surface area contributed by atoms with Crippen molar-refractivity contribution in [2.24, 2.45) is 0 Å². The number of nitrogens with zero attached hydrogens (tertiary/aromatic N) is 2. The summed E-state index contributed by atoms with van der Waals surface area (Å²) in [4.78, 5) is 13.1. The zero-order valence-electron chi connectivity index (χ0n) is 9.65. The molecular formula is C12H14N2OS. The molecule has 0 atom stereocenters. The quantitative estimate of drug-likeness (QED) is 0.765. The lowest BCUT2D eigenvalue weighted by Crippen LogP contribution is -2.10. The van der Waals surface area contributed by atoms with E-state index in [-0.39, 0.29) is 5.78 Å². The number of ketones is 1. The lowest BCUT2D eigenvalue weighted by molar-refractivity contribution is 0.103. The monoisotopic (exact) mass is 234 g/mol. The second-order valence-corrected chi connectivity index (χ2v) is 4.66. The minimum absolute atomic E-state index is 0.0787. The van der Waals surface area contributed by atoms with Gasteiger partial charge in [0.25, 0.3) is 0 Å². The van der Waals surface area contributed by atoms with Crippen LogP contribution in [0.15, 0.2) is 17.5 Å². The third kappa shape index (κ3) is 1.80. The maximum absolute atomic E-state index is 12.3. The Morgan fingerprint density at radius 3 is 2.81 bits per heavy atom. The average molecular weight is 234 g/mol. The fourth-order valence-electron chi connectivity index (χ4n) is 1.69. The minimum Gasteiger partial charge on any atom is -0.286 e. The SMILES string of the molecule is CCn1nc(C)cc1C(=O)c1sccc1C. The van der Waals surface area contributed by atoms with Crippen molar-refractivity contribution in [3.8, 4) is 0 Å². The van der Waals surface area contributed by atoms with Crippen LogP contribution in [0.1, 0.15) is 33.5 Å². The van der Waals surface area contributed by atoms with Gasteiger partial charge in [0.1, 0.15) is 5.69 Å². The number of aryl methyl sites for hydroxylation is 3. The minimum atomic E-state index is 0.0787. The molecule has 0 fully saturated rings. The molecule has 0 radical (unpaired) electrons. The normalized spacial score (nSPS) is 10.7. The van der Waals surface area contributed by atoms with E-state index in [4.69, 9.17) is 0 Å². The number of hydrogen-bond donors (Lipinski definition) is 0. The number of hydrogen-bond acceptors (Lipinski definition) is 3. The highest BCUT2D eigenvalue weighted by Gasteiger charge is 2.17. The number of rotatable bonds is 3. The molecule has 16 heavy (non-hydrogen) atoms. The van der Waals surface area contributed by atoms with Gasteiger partial charge in [0.05, 0.1) is 10.6 Å². The Morgan fingerprint density at radius 2 is 2.25 bits per heavy atom. The van der Waals surface area contributed by atoms with Crippen molar-refractivity contribution in [2.75, 3.05) is 0 Å². The molecule has 0 saturated heterocycles. The van der Waals surface area contributed by atoms with E-state index in [0.717, 1.165) is 22.7 Å². The maximum atomic E-state index is 12.3. The molecule has 3 nitrogen and oxygen atoms in total. The summed E-state index contributed by atoms with van der Waals surface area (Å²) in [5.74, 6) is 0.0787. The Hall–Kier alpha value is -1.42. The largest absolute Gasteiger partial charge is 0.286 e. The lowest BCUT2D eigenvalue weighted by atomic mass is 10.1. The summed E-state index contributed by atoms with van der Waals surface area (Å²) in [6.07, 6.45) is 0. The Bertz CT molecular complexity index is 525. The fraction of sp³-hybridized carbons (Fsp3) is 0.333. The first-order valence-corrected chi connectivity index (χ1v) is 6.14. The first-order chi connectivity index (χ1) is 7.63. The van der Waals surface area contributed by atoms with Crippen molar-refractivity contribution in [2.45, 2.75) is 27.3 Å². The molecule has 0 N–H and O–H groups in total. The zero-order valence-corrected chi connectivity index (χ0v) is 10.5. The highest BCUT2D eigenvalue weighted by molar-refractivity contribution is 7.12. The molecule has 2 aromatic rings. The second-order valence-electron chi connectivity index (χ2n) is 3.75. The summed E-state index contributed by atoms with van der Waals surface area (Å²) in [7, 11) is 0. The van der Waals surface area contributed by atoms with Gasteiger partial charge in [-0.25, -0.2) is 0 Å². The highest BCUT2D eigenvalue weighted by atomic mass is 32.1. The summed E-state index contributed by atoms with van der Waals surface area (Å²) < 4.78 is 1.76. The molecule has 0 aromatic carbocycles. The molecule has 0 aliphatic heterocycles. The molecule has 2 rings (SSSR count). The van der Waals surface area contributed by atoms with Crippen molar-refractivity contribution in [3.05, 3.63) is 39.3 Å². The van der Waals surface area contributed by atoms with Gasteiger partial charge in [-0.3, -0.25) is 9.48 Å². The lowest BCUT2D eigenvalue weighted by Gasteiger charge is -2.02. The van der Waals surface area contributed by atoms with Crippen LogP contribution in [0.2, 0.25) is 0 Å². The zero-order chi connectivity index (χ0) is 11.7. The number of carbonyl (C=O) groups is 1. The summed E-state index contributed by atoms with van der Waals surface area (Å²) in [5, 5.41) is 6.24. The third-order valence-electron chi connectivity index (χ3n) is 2.50. The second kappa shape index (κ2) is 4.22. The van der Waals surface area contributed by atoms with Crippen LogP contribution < -0.4 is 0 Å². The van der Waals surface area contributed by atoms with Crippen molar-refractivity contribution < 1.29 is 4.79 Å². The molecule has 0 amide bonds. The van der Waals surface area contributed by atoms with E-state index in [1.54, 1.807) is 4.68 Å². The average Bonchev–Trinajstić information content (AvgIpc) is 2.83. The predicted molar refractivity (Wildman–Crippen MR) is 65.1 cm³/mol. The Balaban J connectivity index is 2.45. The van der Waals surface area contributed by atoms with Gasteiger partial charge in [-0.2, -0.15) is 5.10 Å². The van der Waals surface area contributed by atoms with E-state index in [1.807, 2.05) is 38.3 Å². The van der Waals surface area contributed by atoms with Crippen molar-refractivity contribution in [1.82, 2.24) is 9.78 Å². The summed E-state index contributed by atoms with van der Waals surface area (Å²) >= 11 is 1.49. The van der Waals surface area contributed by atoms with Gasteiger partial charge in [-0.15, -0.1) is 11.3 Å². The Kier molecular flexibility index (Phi) is 2.92. The first-order valence-electron chi connectivity index (χ1n) is 5.26. The van der Waals surface area contributed by atoms with E-state index in [9.17, 15) is 4.79 Å². The van der Waals surface area contributed by atoms with Gasteiger partial charge in [-0.1, -0.05) is 0 Å². The van der Waals surface area contributed by atoms with Crippen molar-refractivity contribution in [3.63, 3.8) is 0 Å². The molecule has 0 spiro atoms. The van der Waals surface area contributed by atoms with E-state index in [2.05, 4.69) is 5.10 Å². The van der Waals surface area contributed by atoms with E-state index in [0.29, 0.717) is 5.69 Å². The van der Waals surface area contributed by atoms with Crippen molar-refractivity contribution >= 4 is 17.1 Å². The van der Waals surface area contributed by atoms with E-state index in [1.165, 1.54) is 11.3 Å². The van der Waals surface area contributed by atoms with Crippen LogP contribution in [0.25, 0.3) is 0 Å². The van der Waals surface area contributed by atoms with Gasteiger partial charge in [0.2, 0.25) is 5.78 Å². The predicted octanol–water partition coefficient (Wildman–Crippen LogP) is 2.81. The molecule has 0 aliphatic rings. The molecule has 0 unspecified atom stereocenters. The topological polar surface area (TPSA) is 34.9 Å². The van der Waals surface area contributed by atoms with Crippen LogP contribution in [0.3, 0.4) is 0 Å². The van der Waals surface area contributed by atoms with Gasteiger partial charge < -0.3 is 0 Å². The maximum Gasteiger partial charge on any atom is 0.221 e. The third-order valence-corrected chi connectivity index (χ3v) is 3.52. The van der Waals surface area contributed by atoms with Crippen LogP contribution in [0.5, 0.6) is 0 Å². The Morgan fingerprint density at radius 1 is 1.50 bits per heavy atom. The molecule has 0 saturated carbocycles. The Labute approximate surface area is 98.7 Å². The summed E-state index contributed by atoms with van der Waals surface area (Å²) in [6.45, 7) is 6.58. The number of carbonyl (C=O) groups excluding carboxylic acids is 1. The molecule has 84 valence electrons. The molecule has 0 bridgehead atoms. The van der Waals surface area contributed by atoms with Crippen molar-refractivity contribution in [1.29, 1.82) is 0 Å². The van der Waals surface area contributed by atoms with Crippen LogP contribution in [0, 0.1) is 13.8 Å². The first kappa shape index (κ1) is 11.1. The van der Waals surface area contributed by atoms with Crippen LogP contribution in [-0.4, -0.2) is 15.6 Å². The molecule has 2 aromatic heterocycles. The van der Waals surface area contributed by atoms with Crippen LogP contribution in [0.4, 0.5) is 0 Å². The number of thiophene rings is 1. The van der Waals surface area contributed by atoms with Gasteiger partial charge >= 0.3 is 0 Å². The van der Waals surface area contributed by atoms with E-state index < -0.39 is 0 Å². The summed E-state index contributed by atoms with van der Waals surface area (Å²) in [5.41, 5.74) is 2.61. The van der Waals surface area contributed by atoms with E-state index >= 15 is 0 Å². The van der Waals surface area contributed by atoms with Crippen LogP contribution in [-0.2, 0) is 6.54 Å². The van der Waals surface area contributed by atoms with Gasteiger partial charge in [0.15, 0.2) is 0 Å². The fourth-order valence-corrected chi connectivity index (χ4v) is 2.56. The molecule has 2 heterocycles. The number of aromatic nitrogens is 2. The smallest absolute Gasteiger partial charge is 0.221 e. The molecule has 0 aliphatic carbocycles.